The molecule has 5 nitrogen and oxygen atoms in total. The van der Waals surface area contributed by atoms with Crippen LogP contribution in [0.4, 0.5) is 8.78 Å². The molecule has 2 unspecified atom stereocenters. The standard InChI is InChI=1S/C15H24F2O5S/c1-2-20-14-6-11-3-12(7-14)5-13(4-11,8-14)9-19-10-15(16,17)23-22-21-18/h11-12,18H,2-10H2,1H3. The smallest absolute Gasteiger partial charge is 0.343 e. The van der Waals surface area contributed by atoms with Crippen molar-refractivity contribution in [3.8, 4) is 0 Å². The summed E-state index contributed by atoms with van der Waals surface area (Å²) in [5.41, 5.74) is -0.0956. The van der Waals surface area contributed by atoms with Gasteiger partial charge in [0.15, 0.2) is 0 Å². The number of alkyl halides is 2. The minimum Gasteiger partial charge on any atom is -0.375 e. The predicted molar refractivity (Wildman–Crippen MR) is 79.6 cm³/mol. The summed E-state index contributed by atoms with van der Waals surface area (Å²) in [7, 11) is 0. The number of halogens is 2. The van der Waals surface area contributed by atoms with Crippen LogP contribution in [-0.2, 0) is 18.8 Å². The number of hydrogen-bond donors (Lipinski definition) is 1. The third-order valence-electron chi connectivity index (χ3n) is 5.44. The summed E-state index contributed by atoms with van der Waals surface area (Å²) in [4.78, 5) is 0. The van der Waals surface area contributed by atoms with E-state index in [4.69, 9.17) is 14.7 Å². The molecule has 134 valence electrons. The highest BCUT2D eigenvalue weighted by Crippen LogP contribution is 2.62. The molecule has 0 aromatic heterocycles. The molecule has 4 fully saturated rings. The SMILES string of the molecule is CCOC12CC3CC(CC(COCC(F)(F)SOOO)(C3)C1)C2. The minimum atomic E-state index is -3.26. The van der Waals surface area contributed by atoms with E-state index in [0.717, 1.165) is 32.1 Å². The average Bonchev–Trinajstić information content (AvgIpc) is 2.43. The summed E-state index contributed by atoms with van der Waals surface area (Å²) in [6.45, 7) is 2.27. The lowest BCUT2D eigenvalue weighted by atomic mass is 9.48. The van der Waals surface area contributed by atoms with Gasteiger partial charge in [0.05, 0.1) is 12.2 Å². The van der Waals surface area contributed by atoms with Crippen molar-refractivity contribution in [1.29, 1.82) is 0 Å². The highest BCUT2D eigenvalue weighted by atomic mass is 32.2. The van der Waals surface area contributed by atoms with E-state index in [-0.39, 0.29) is 23.1 Å². The fourth-order valence-corrected chi connectivity index (χ4v) is 5.75. The Morgan fingerprint density at radius 2 is 1.91 bits per heavy atom. The quantitative estimate of drug-likeness (QED) is 0.383. The Bertz CT molecular complexity index is 409. The Morgan fingerprint density at radius 1 is 1.22 bits per heavy atom. The minimum absolute atomic E-state index is 0.0334. The monoisotopic (exact) mass is 354 g/mol. The maximum atomic E-state index is 13.5. The lowest BCUT2D eigenvalue weighted by molar-refractivity contribution is -0.433. The van der Waals surface area contributed by atoms with E-state index in [0.29, 0.717) is 25.0 Å². The van der Waals surface area contributed by atoms with Gasteiger partial charge in [0.25, 0.3) is 0 Å². The molecule has 23 heavy (non-hydrogen) atoms. The molecule has 0 heterocycles. The van der Waals surface area contributed by atoms with E-state index >= 15 is 0 Å². The molecule has 2 atom stereocenters. The van der Waals surface area contributed by atoms with Gasteiger partial charge in [-0.05, 0) is 62.7 Å². The summed E-state index contributed by atoms with van der Waals surface area (Å²) < 4.78 is 42.2. The second-order valence-corrected chi connectivity index (χ2v) is 8.33. The normalized spacial score (nSPS) is 39.1. The molecule has 0 spiro atoms. The molecule has 0 amide bonds. The van der Waals surface area contributed by atoms with Crippen LogP contribution in [0.1, 0.15) is 45.4 Å². The van der Waals surface area contributed by atoms with Crippen molar-refractivity contribution < 1.29 is 32.9 Å². The summed E-state index contributed by atoms with van der Waals surface area (Å²) in [5.74, 6) is 1.26. The fraction of sp³-hybridized carbons (Fsp3) is 1.00. The van der Waals surface area contributed by atoms with Gasteiger partial charge in [-0.15, -0.1) is 4.33 Å². The van der Waals surface area contributed by atoms with E-state index in [1.54, 1.807) is 0 Å². The Morgan fingerprint density at radius 3 is 2.52 bits per heavy atom. The zero-order chi connectivity index (χ0) is 16.6. The van der Waals surface area contributed by atoms with Gasteiger partial charge in [0.2, 0.25) is 0 Å². The molecule has 4 aliphatic carbocycles. The second kappa shape index (κ2) is 6.72. The zero-order valence-corrected chi connectivity index (χ0v) is 14.1. The first-order valence-corrected chi connectivity index (χ1v) is 8.89. The van der Waals surface area contributed by atoms with Crippen LogP contribution in [0, 0.1) is 17.3 Å². The molecule has 0 saturated heterocycles. The third-order valence-corrected chi connectivity index (χ3v) is 5.93. The summed E-state index contributed by atoms with van der Waals surface area (Å²) >= 11 is -0.252. The first kappa shape index (κ1) is 17.8. The van der Waals surface area contributed by atoms with Gasteiger partial charge in [-0.25, -0.2) is 5.26 Å². The van der Waals surface area contributed by atoms with Crippen LogP contribution in [-0.4, -0.2) is 35.9 Å². The van der Waals surface area contributed by atoms with E-state index in [1.807, 2.05) is 6.92 Å². The molecule has 8 heteroatoms. The molecule has 0 aromatic rings. The molecule has 0 aromatic carbocycles. The fourth-order valence-electron chi connectivity index (χ4n) is 5.48. The van der Waals surface area contributed by atoms with Gasteiger partial charge in [0, 0.05) is 6.61 Å². The highest BCUT2D eigenvalue weighted by Gasteiger charge is 2.58. The zero-order valence-electron chi connectivity index (χ0n) is 13.3. The van der Waals surface area contributed by atoms with Crippen molar-refractivity contribution >= 4 is 12.0 Å². The van der Waals surface area contributed by atoms with Gasteiger partial charge in [-0.2, -0.15) is 8.78 Å². The van der Waals surface area contributed by atoms with E-state index < -0.39 is 11.9 Å². The molecule has 0 aliphatic heterocycles. The lowest BCUT2D eigenvalue weighted by Gasteiger charge is -2.61. The predicted octanol–water partition coefficient (Wildman–Crippen LogP) is 4.04. The molecule has 0 radical (unpaired) electrons. The van der Waals surface area contributed by atoms with Gasteiger partial charge >= 0.3 is 5.25 Å². The van der Waals surface area contributed by atoms with Gasteiger partial charge in [-0.3, -0.25) is 0 Å². The van der Waals surface area contributed by atoms with Gasteiger partial charge in [0.1, 0.15) is 18.6 Å². The molecular weight excluding hydrogens is 330 g/mol. The van der Waals surface area contributed by atoms with Crippen LogP contribution in [0.25, 0.3) is 0 Å². The third kappa shape index (κ3) is 3.99. The molecular formula is C15H24F2O5S. The van der Waals surface area contributed by atoms with Crippen LogP contribution in [0.5, 0.6) is 0 Å². The van der Waals surface area contributed by atoms with E-state index in [9.17, 15) is 8.78 Å². The Labute approximate surface area is 139 Å². The van der Waals surface area contributed by atoms with Crippen molar-refractivity contribution in [2.24, 2.45) is 17.3 Å². The Balaban J connectivity index is 1.57. The van der Waals surface area contributed by atoms with Crippen LogP contribution >= 0.6 is 12.0 Å². The van der Waals surface area contributed by atoms with Gasteiger partial charge < -0.3 is 9.47 Å². The number of ether oxygens (including phenoxy) is 2. The average molecular weight is 354 g/mol. The van der Waals surface area contributed by atoms with Crippen molar-refractivity contribution in [2.75, 3.05) is 19.8 Å². The van der Waals surface area contributed by atoms with Crippen LogP contribution in [0.3, 0.4) is 0 Å². The van der Waals surface area contributed by atoms with Crippen molar-refractivity contribution in [1.82, 2.24) is 0 Å². The van der Waals surface area contributed by atoms with Gasteiger partial charge in [-0.1, -0.05) is 5.04 Å². The Hall–Kier alpha value is 0.01000. The molecule has 4 bridgehead atoms. The molecule has 4 rings (SSSR count). The largest absolute Gasteiger partial charge is 0.375 e. The van der Waals surface area contributed by atoms with Crippen LogP contribution in [0.15, 0.2) is 0 Å². The Kier molecular flexibility index (Phi) is 5.21. The number of rotatable bonds is 9. The van der Waals surface area contributed by atoms with Crippen LogP contribution < -0.4 is 0 Å². The molecule has 1 N–H and O–H groups in total. The number of hydrogen-bond acceptors (Lipinski definition) is 6. The van der Waals surface area contributed by atoms with Crippen molar-refractivity contribution in [3.05, 3.63) is 0 Å². The van der Waals surface area contributed by atoms with Crippen LogP contribution in [0.2, 0.25) is 0 Å². The van der Waals surface area contributed by atoms with E-state index in [1.165, 1.54) is 6.42 Å². The van der Waals surface area contributed by atoms with E-state index in [2.05, 4.69) is 9.37 Å². The second-order valence-electron chi connectivity index (χ2n) is 7.43. The topological polar surface area (TPSA) is 57.2 Å². The first-order valence-electron chi connectivity index (χ1n) is 8.15. The van der Waals surface area contributed by atoms with Crippen molar-refractivity contribution in [2.45, 2.75) is 56.3 Å². The first-order chi connectivity index (χ1) is 10.9. The summed E-state index contributed by atoms with van der Waals surface area (Å²) in [5, 5.41) is 7.90. The van der Waals surface area contributed by atoms with Crippen molar-refractivity contribution in [3.63, 3.8) is 0 Å². The molecule has 4 saturated carbocycles. The maximum absolute atomic E-state index is 13.5. The molecule has 4 aliphatic rings. The summed E-state index contributed by atoms with van der Waals surface area (Å²) in [6.07, 6.45) is 6.46. The summed E-state index contributed by atoms with van der Waals surface area (Å²) in [6, 6.07) is 0. The highest BCUT2D eigenvalue weighted by molar-refractivity contribution is 7.95. The maximum Gasteiger partial charge on any atom is 0.343 e. The lowest BCUT2D eigenvalue weighted by Crippen LogP contribution is -2.58.